The Hall–Kier alpha value is -2.08. The molecule has 0 bridgehead atoms. The van der Waals surface area contributed by atoms with Gasteiger partial charge in [0.05, 0.1) is 0 Å². The normalized spacial score (nSPS) is 11.3. The molecule has 0 aliphatic carbocycles. The molecule has 1 aromatic heterocycles. The second-order valence-electron chi connectivity index (χ2n) is 6.60. The van der Waals surface area contributed by atoms with Crippen LogP contribution in [0.4, 0.5) is 19.0 Å². The van der Waals surface area contributed by atoms with E-state index in [1.54, 1.807) is 6.07 Å². The molecule has 2 aromatic rings. The van der Waals surface area contributed by atoms with Gasteiger partial charge in [-0.05, 0) is 88.1 Å². The predicted molar refractivity (Wildman–Crippen MR) is 94.0 cm³/mol. The summed E-state index contributed by atoms with van der Waals surface area (Å²) in [5.74, 6) is -3.20. The zero-order valence-electron chi connectivity index (χ0n) is 14.9. The number of benzene rings is 1. The summed E-state index contributed by atoms with van der Waals surface area (Å²) in [5.41, 5.74) is 7.75. The molecule has 0 spiro atoms. The minimum Gasteiger partial charge on any atom is -0.384 e. The van der Waals surface area contributed by atoms with Crippen LogP contribution < -0.4 is 5.73 Å². The summed E-state index contributed by atoms with van der Waals surface area (Å²) in [6, 6.07) is 5.03. The van der Waals surface area contributed by atoms with Crippen molar-refractivity contribution < 1.29 is 13.2 Å². The Morgan fingerprint density at radius 3 is 2.16 bits per heavy atom. The number of anilines is 1. The highest BCUT2D eigenvalue weighted by molar-refractivity contribution is 5.35. The number of rotatable bonds is 7. The van der Waals surface area contributed by atoms with Gasteiger partial charge in [-0.15, -0.1) is 0 Å². The lowest BCUT2D eigenvalue weighted by Gasteiger charge is -2.12. The Morgan fingerprint density at radius 2 is 1.56 bits per heavy atom. The number of nitrogens with two attached hydrogens (primary N) is 1. The van der Waals surface area contributed by atoms with Crippen molar-refractivity contribution in [3.8, 4) is 0 Å². The first-order chi connectivity index (χ1) is 11.8. The molecule has 0 amide bonds. The van der Waals surface area contributed by atoms with Crippen LogP contribution in [0.3, 0.4) is 0 Å². The number of hydrogen-bond donors (Lipinski definition) is 1. The van der Waals surface area contributed by atoms with Gasteiger partial charge >= 0.3 is 0 Å². The smallest absolute Gasteiger partial charge is 0.194 e. The van der Waals surface area contributed by atoms with Crippen LogP contribution in [0.5, 0.6) is 0 Å². The first-order valence-electron chi connectivity index (χ1n) is 8.31. The molecule has 1 heterocycles. The molecular weight excluding hydrogens is 327 g/mol. The number of aromatic nitrogens is 1. The molecule has 0 atom stereocenters. The molecule has 3 nitrogen and oxygen atoms in total. The van der Waals surface area contributed by atoms with Crippen LogP contribution in [0.2, 0.25) is 0 Å². The number of aryl methyl sites for hydroxylation is 4. The number of pyridine rings is 1. The molecule has 0 radical (unpaired) electrons. The van der Waals surface area contributed by atoms with E-state index >= 15 is 0 Å². The van der Waals surface area contributed by atoms with Crippen molar-refractivity contribution in [2.24, 2.45) is 0 Å². The second-order valence-corrected chi connectivity index (χ2v) is 6.60. The highest BCUT2D eigenvalue weighted by Gasteiger charge is 2.18. The lowest BCUT2D eigenvalue weighted by atomic mass is 10.00. The lowest BCUT2D eigenvalue weighted by molar-refractivity contribution is 0.395. The zero-order chi connectivity index (χ0) is 18.6. The SMILES string of the molecule is Cc1cc(N)nc(CCc2cc(CCCN(C)C)c(F)c(F)c2F)c1. The van der Waals surface area contributed by atoms with E-state index in [0.717, 1.165) is 12.1 Å². The van der Waals surface area contributed by atoms with Gasteiger partial charge in [-0.2, -0.15) is 0 Å². The predicted octanol–water partition coefficient (Wildman–Crippen LogP) is 3.67. The van der Waals surface area contributed by atoms with Gasteiger partial charge in [0.1, 0.15) is 5.82 Å². The van der Waals surface area contributed by atoms with Crippen LogP contribution in [-0.4, -0.2) is 30.5 Å². The van der Waals surface area contributed by atoms with E-state index < -0.39 is 17.5 Å². The second kappa shape index (κ2) is 8.34. The van der Waals surface area contributed by atoms with Crippen LogP contribution in [0.1, 0.15) is 28.8 Å². The molecular formula is C19H24F3N3. The van der Waals surface area contributed by atoms with E-state index in [1.807, 2.05) is 32.0 Å². The Bertz CT molecular complexity index is 725. The maximum atomic E-state index is 14.1. The maximum Gasteiger partial charge on any atom is 0.194 e. The quantitative estimate of drug-likeness (QED) is 0.774. The fourth-order valence-corrected chi connectivity index (χ4v) is 2.82. The summed E-state index contributed by atoms with van der Waals surface area (Å²) >= 11 is 0. The van der Waals surface area contributed by atoms with E-state index in [0.29, 0.717) is 30.8 Å². The summed E-state index contributed by atoms with van der Waals surface area (Å²) < 4.78 is 42.0. The Kier molecular flexibility index (Phi) is 6.42. The third-order valence-corrected chi connectivity index (χ3v) is 4.04. The number of nitrogens with zero attached hydrogens (tertiary/aromatic N) is 2. The first kappa shape index (κ1) is 19.2. The molecule has 2 N–H and O–H groups in total. The molecule has 2 rings (SSSR count). The third kappa shape index (κ3) is 5.19. The summed E-state index contributed by atoms with van der Waals surface area (Å²) in [4.78, 5) is 6.16. The summed E-state index contributed by atoms with van der Waals surface area (Å²) in [5, 5.41) is 0. The van der Waals surface area contributed by atoms with E-state index in [4.69, 9.17) is 5.73 Å². The largest absolute Gasteiger partial charge is 0.384 e. The van der Waals surface area contributed by atoms with E-state index in [9.17, 15) is 13.2 Å². The molecule has 0 aliphatic rings. The van der Waals surface area contributed by atoms with E-state index in [2.05, 4.69) is 4.98 Å². The monoisotopic (exact) mass is 351 g/mol. The highest BCUT2D eigenvalue weighted by Crippen LogP contribution is 2.22. The van der Waals surface area contributed by atoms with E-state index in [-0.39, 0.29) is 17.5 Å². The van der Waals surface area contributed by atoms with Crippen molar-refractivity contribution in [1.29, 1.82) is 0 Å². The molecule has 0 unspecified atom stereocenters. The molecule has 0 saturated carbocycles. The van der Waals surface area contributed by atoms with Gasteiger partial charge in [0, 0.05) is 5.69 Å². The van der Waals surface area contributed by atoms with Crippen molar-refractivity contribution in [1.82, 2.24) is 9.88 Å². The fraction of sp³-hybridized carbons (Fsp3) is 0.421. The number of hydrogen-bond acceptors (Lipinski definition) is 3. The lowest BCUT2D eigenvalue weighted by Crippen LogP contribution is -2.14. The van der Waals surface area contributed by atoms with Crippen molar-refractivity contribution in [3.05, 3.63) is 58.0 Å². The van der Waals surface area contributed by atoms with Gasteiger partial charge in [0.15, 0.2) is 17.5 Å². The Balaban J connectivity index is 2.17. The average molecular weight is 351 g/mol. The summed E-state index contributed by atoms with van der Waals surface area (Å²) in [7, 11) is 3.82. The van der Waals surface area contributed by atoms with Crippen LogP contribution in [0.25, 0.3) is 0 Å². The van der Waals surface area contributed by atoms with Crippen LogP contribution in [0.15, 0.2) is 18.2 Å². The van der Waals surface area contributed by atoms with Crippen LogP contribution in [-0.2, 0) is 19.3 Å². The van der Waals surface area contributed by atoms with Gasteiger partial charge in [-0.1, -0.05) is 0 Å². The van der Waals surface area contributed by atoms with Crippen LogP contribution in [0, 0.1) is 24.4 Å². The fourth-order valence-electron chi connectivity index (χ4n) is 2.82. The molecule has 0 saturated heterocycles. The number of halogens is 3. The van der Waals surface area contributed by atoms with Crippen molar-refractivity contribution in [2.75, 3.05) is 26.4 Å². The average Bonchev–Trinajstić information content (AvgIpc) is 2.52. The van der Waals surface area contributed by atoms with Gasteiger partial charge in [0.2, 0.25) is 0 Å². The van der Waals surface area contributed by atoms with Crippen molar-refractivity contribution in [2.45, 2.75) is 32.6 Å². The summed E-state index contributed by atoms with van der Waals surface area (Å²) in [6.07, 6.45) is 1.68. The topological polar surface area (TPSA) is 42.1 Å². The first-order valence-corrected chi connectivity index (χ1v) is 8.31. The third-order valence-electron chi connectivity index (χ3n) is 4.04. The van der Waals surface area contributed by atoms with Crippen molar-refractivity contribution >= 4 is 5.82 Å². The molecule has 0 fully saturated rings. The minimum atomic E-state index is -1.39. The van der Waals surface area contributed by atoms with Gasteiger partial charge in [0.25, 0.3) is 0 Å². The van der Waals surface area contributed by atoms with Crippen molar-refractivity contribution in [3.63, 3.8) is 0 Å². The van der Waals surface area contributed by atoms with Gasteiger partial charge in [-0.25, -0.2) is 18.2 Å². The minimum absolute atomic E-state index is 0.167. The molecule has 6 heteroatoms. The highest BCUT2D eigenvalue weighted by atomic mass is 19.2. The zero-order valence-corrected chi connectivity index (χ0v) is 14.9. The number of nitrogen functional groups attached to an aromatic ring is 1. The molecule has 136 valence electrons. The Morgan fingerprint density at radius 1 is 0.920 bits per heavy atom. The maximum absolute atomic E-state index is 14.1. The van der Waals surface area contributed by atoms with Gasteiger partial charge in [-0.3, -0.25) is 0 Å². The van der Waals surface area contributed by atoms with E-state index in [1.165, 1.54) is 6.07 Å². The molecule has 0 aliphatic heterocycles. The Labute approximate surface area is 146 Å². The van der Waals surface area contributed by atoms with Crippen LogP contribution >= 0.6 is 0 Å². The summed E-state index contributed by atoms with van der Waals surface area (Å²) in [6.45, 7) is 2.64. The molecule has 25 heavy (non-hydrogen) atoms. The molecule has 1 aromatic carbocycles. The van der Waals surface area contributed by atoms with Gasteiger partial charge < -0.3 is 10.6 Å². The standard InChI is InChI=1S/C19H24F3N3/c1-12-9-15(24-16(23)10-12)7-6-14-11-13(5-4-8-25(2)3)17(20)19(22)18(14)21/h9-11H,4-8H2,1-3H3,(H2,23,24).